The van der Waals surface area contributed by atoms with Crippen molar-refractivity contribution in [2.45, 2.75) is 13.5 Å². The number of carbonyl (C=O) groups excluding carboxylic acids is 1. The van der Waals surface area contributed by atoms with Gasteiger partial charge in [0, 0.05) is 50.0 Å². The van der Waals surface area contributed by atoms with Gasteiger partial charge < -0.3 is 10.1 Å². The topological polar surface area (TPSA) is 44.8 Å². The van der Waals surface area contributed by atoms with Gasteiger partial charge in [-0.25, -0.2) is 8.78 Å². The first-order valence-electron chi connectivity index (χ1n) is 9.28. The lowest BCUT2D eigenvalue weighted by Crippen LogP contribution is -2.48. The quantitative estimate of drug-likeness (QED) is 0.825. The summed E-state index contributed by atoms with van der Waals surface area (Å²) in [6.45, 7) is 6.30. The Labute approximate surface area is 163 Å². The number of rotatable bonds is 6. The van der Waals surface area contributed by atoms with Crippen LogP contribution in [0, 0.1) is 18.6 Å². The average Bonchev–Trinajstić information content (AvgIpc) is 2.66. The fourth-order valence-electron chi connectivity index (χ4n) is 3.35. The van der Waals surface area contributed by atoms with Crippen molar-refractivity contribution >= 4 is 11.6 Å². The minimum atomic E-state index is -0.974. The van der Waals surface area contributed by atoms with Crippen LogP contribution in [-0.4, -0.2) is 55.5 Å². The predicted molar refractivity (Wildman–Crippen MR) is 104 cm³/mol. The lowest BCUT2D eigenvalue weighted by molar-refractivity contribution is -0.117. The highest BCUT2D eigenvalue weighted by atomic mass is 19.2. The summed E-state index contributed by atoms with van der Waals surface area (Å²) in [6.07, 6.45) is 0. The normalized spacial score (nSPS) is 15.4. The number of ether oxygens (including phenoxy) is 1. The van der Waals surface area contributed by atoms with E-state index in [2.05, 4.69) is 28.1 Å². The molecule has 150 valence electrons. The number of amides is 1. The summed E-state index contributed by atoms with van der Waals surface area (Å²) in [4.78, 5) is 16.6. The van der Waals surface area contributed by atoms with E-state index >= 15 is 0 Å². The molecule has 0 radical (unpaired) electrons. The molecule has 1 aliphatic rings. The minimum absolute atomic E-state index is 0.223. The second kappa shape index (κ2) is 9.12. The lowest BCUT2D eigenvalue weighted by atomic mass is 10.1. The van der Waals surface area contributed by atoms with Gasteiger partial charge >= 0.3 is 0 Å². The number of piperazine rings is 1. The van der Waals surface area contributed by atoms with Crippen molar-refractivity contribution in [1.82, 2.24) is 9.80 Å². The van der Waals surface area contributed by atoms with Gasteiger partial charge in [-0.1, -0.05) is 17.7 Å². The Balaban J connectivity index is 1.48. The van der Waals surface area contributed by atoms with E-state index in [1.807, 2.05) is 12.1 Å². The molecule has 0 spiro atoms. The third kappa shape index (κ3) is 5.27. The first-order chi connectivity index (χ1) is 13.4. The number of hydrogen-bond acceptors (Lipinski definition) is 4. The Hall–Kier alpha value is -2.51. The number of anilines is 1. The molecule has 2 aromatic carbocycles. The van der Waals surface area contributed by atoms with Gasteiger partial charge in [-0.2, -0.15) is 0 Å². The van der Waals surface area contributed by atoms with Gasteiger partial charge in [0.1, 0.15) is 5.75 Å². The highest BCUT2D eigenvalue weighted by molar-refractivity contribution is 5.92. The van der Waals surface area contributed by atoms with Crippen molar-refractivity contribution in [2.24, 2.45) is 0 Å². The van der Waals surface area contributed by atoms with E-state index < -0.39 is 11.6 Å². The van der Waals surface area contributed by atoms with Crippen LogP contribution in [0.15, 0.2) is 36.4 Å². The van der Waals surface area contributed by atoms with Crippen molar-refractivity contribution in [2.75, 3.05) is 45.2 Å². The smallest absolute Gasteiger partial charge is 0.238 e. The van der Waals surface area contributed by atoms with E-state index in [4.69, 9.17) is 4.74 Å². The fraction of sp³-hybridized carbons (Fsp3) is 0.381. The summed E-state index contributed by atoms with van der Waals surface area (Å²) in [6, 6.07) is 9.50. The van der Waals surface area contributed by atoms with Crippen molar-refractivity contribution in [3.05, 3.63) is 59.2 Å². The molecule has 5 nitrogen and oxygen atoms in total. The second-order valence-corrected chi connectivity index (χ2v) is 7.04. The molecule has 1 amide bonds. The molecule has 1 heterocycles. The third-order valence-corrected chi connectivity index (χ3v) is 4.87. The zero-order chi connectivity index (χ0) is 20.1. The molecule has 1 saturated heterocycles. The van der Waals surface area contributed by atoms with E-state index in [1.54, 1.807) is 7.11 Å². The molecular formula is C21H25F2N3O2. The lowest BCUT2D eigenvalue weighted by Gasteiger charge is -2.34. The zero-order valence-corrected chi connectivity index (χ0v) is 16.2. The Morgan fingerprint density at radius 2 is 1.75 bits per heavy atom. The number of nitrogens with one attached hydrogen (secondary N) is 1. The summed E-state index contributed by atoms with van der Waals surface area (Å²) in [5, 5.41) is 2.61. The summed E-state index contributed by atoms with van der Waals surface area (Å²) in [5.74, 6) is -1.25. The van der Waals surface area contributed by atoms with Crippen LogP contribution in [0.3, 0.4) is 0 Å². The van der Waals surface area contributed by atoms with Gasteiger partial charge in [0.15, 0.2) is 11.6 Å². The van der Waals surface area contributed by atoms with E-state index in [0.29, 0.717) is 0 Å². The van der Waals surface area contributed by atoms with Gasteiger partial charge in [0.25, 0.3) is 0 Å². The van der Waals surface area contributed by atoms with Crippen LogP contribution in [0.1, 0.15) is 11.1 Å². The largest absolute Gasteiger partial charge is 0.496 e. The van der Waals surface area contributed by atoms with Crippen molar-refractivity contribution < 1.29 is 18.3 Å². The summed E-state index contributed by atoms with van der Waals surface area (Å²) in [7, 11) is 1.68. The number of methoxy groups -OCH3 is 1. The predicted octanol–water partition coefficient (Wildman–Crippen LogP) is 3.04. The summed E-state index contributed by atoms with van der Waals surface area (Å²) < 4.78 is 31.6. The number of halogens is 2. The van der Waals surface area contributed by atoms with E-state index in [9.17, 15) is 13.6 Å². The van der Waals surface area contributed by atoms with Crippen LogP contribution in [0.25, 0.3) is 0 Å². The molecule has 7 heteroatoms. The molecule has 28 heavy (non-hydrogen) atoms. The molecule has 0 unspecified atom stereocenters. The Morgan fingerprint density at radius 3 is 2.43 bits per heavy atom. The molecule has 1 aliphatic heterocycles. The van der Waals surface area contributed by atoms with Gasteiger partial charge in [-0.3, -0.25) is 14.6 Å². The minimum Gasteiger partial charge on any atom is -0.496 e. The Bertz CT molecular complexity index is 836. The second-order valence-electron chi connectivity index (χ2n) is 7.04. The summed E-state index contributed by atoms with van der Waals surface area (Å²) in [5.41, 5.74) is 2.62. The van der Waals surface area contributed by atoms with Gasteiger partial charge in [0.2, 0.25) is 5.91 Å². The molecule has 0 aliphatic carbocycles. The molecular weight excluding hydrogens is 364 g/mol. The Morgan fingerprint density at radius 1 is 1.04 bits per heavy atom. The van der Waals surface area contributed by atoms with Crippen molar-refractivity contribution in [1.29, 1.82) is 0 Å². The van der Waals surface area contributed by atoms with Crippen LogP contribution in [0.4, 0.5) is 14.5 Å². The van der Waals surface area contributed by atoms with E-state index in [1.165, 1.54) is 11.6 Å². The van der Waals surface area contributed by atoms with Crippen molar-refractivity contribution in [3.8, 4) is 5.75 Å². The molecule has 0 bridgehead atoms. The number of aryl methyl sites for hydroxylation is 1. The maximum Gasteiger partial charge on any atom is 0.238 e. The summed E-state index contributed by atoms with van der Waals surface area (Å²) >= 11 is 0. The van der Waals surface area contributed by atoms with Crippen LogP contribution in [0.2, 0.25) is 0 Å². The highest BCUT2D eigenvalue weighted by Crippen LogP contribution is 2.22. The zero-order valence-electron chi connectivity index (χ0n) is 16.2. The van der Waals surface area contributed by atoms with Gasteiger partial charge in [-0.15, -0.1) is 0 Å². The first-order valence-corrected chi connectivity index (χ1v) is 9.28. The average molecular weight is 389 g/mol. The molecule has 3 rings (SSSR count). The van der Waals surface area contributed by atoms with E-state index in [0.717, 1.165) is 56.2 Å². The van der Waals surface area contributed by atoms with Crippen molar-refractivity contribution in [3.63, 3.8) is 0 Å². The maximum atomic E-state index is 13.2. The monoisotopic (exact) mass is 389 g/mol. The number of hydrogen-bond donors (Lipinski definition) is 1. The molecule has 2 aromatic rings. The standard InChI is InChI=1S/C21H25F2N3O2/c1-15-3-6-20(28-2)16(11-15)13-25-7-9-26(10-8-25)14-21(27)24-17-4-5-18(22)19(23)12-17/h3-6,11-12H,7-10,13-14H2,1-2H3,(H,24,27). The molecule has 0 saturated carbocycles. The number of carbonyl (C=O) groups is 1. The number of nitrogens with zero attached hydrogens (tertiary/aromatic N) is 2. The highest BCUT2D eigenvalue weighted by Gasteiger charge is 2.20. The Kier molecular flexibility index (Phi) is 6.59. The third-order valence-electron chi connectivity index (χ3n) is 4.87. The van der Waals surface area contributed by atoms with Gasteiger partial charge in [0.05, 0.1) is 13.7 Å². The molecule has 1 N–H and O–H groups in total. The van der Waals surface area contributed by atoms with Gasteiger partial charge in [-0.05, 0) is 25.1 Å². The van der Waals surface area contributed by atoms with Crippen LogP contribution >= 0.6 is 0 Å². The fourth-order valence-corrected chi connectivity index (χ4v) is 3.35. The van der Waals surface area contributed by atoms with Crippen LogP contribution in [0.5, 0.6) is 5.75 Å². The SMILES string of the molecule is COc1ccc(C)cc1CN1CCN(CC(=O)Nc2ccc(F)c(F)c2)CC1. The van der Waals surface area contributed by atoms with Crippen LogP contribution in [-0.2, 0) is 11.3 Å². The first kappa shape index (κ1) is 20.2. The molecule has 1 fully saturated rings. The van der Waals surface area contributed by atoms with Crippen LogP contribution < -0.4 is 10.1 Å². The molecule has 0 aromatic heterocycles. The van der Waals surface area contributed by atoms with E-state index in [-0.39, 0.29) is 18.1 Å². The number of benzene rings is 2. The maximum absolute atomic E-state index is 13.2. The molecule has 0 atom stereocenters.